The molecular formula is C24H24ClFN2O5. The minimum atomic E-state index is -0.977. The van der Waals surface area contributed by atoms with E-state index in [1.807, 2.05) is 0 Å². The fourth-order valence-electron chi connectivity index (χ4n) is 4.05. The van der Waals surface area contributed by atoms with Crippen LogP contribution in [0.2, 0.25) is 5.02 Å². The van der Waals surface area contributed by atoms with Gasteiger partial charge >= 0.3 is 6.09 Å². The Morgan fingerprint density at radius 1 is 1.15 bits per heavy atom. The Bertz CT molecular complexity index is 1080. The minimum Gasteiger partial charge on any atom is -0.444 e. The van der Waals surface area contributed by atoms with Gasteiger partial charge in [-0.15, -0.1) is 0 Å². The van der Waals surface area contributed by atoms with Gasteiger partial charge in [-0.25, -0.2) is 9.18 Å². The molecule has 0 spiro atoms. The normalized spacial score (nSPS) is 19.5. The van der Waals surface area contributed by atoms with Crippen LogP contribution in [-0.4, -0.2) is 59.1 Å². The SMILES string of the molecule is CC(C)(C)OC(=O)N1CCO[C@@H]([C@@H](c2ccc(Cl)c(F)c2)N2C(=O)c3ccccc3C2=O)C1. The lowest BCUT2D eigenvalue weighted by atomic mass is 9.98. The number of morpholine rings is 1. The summed E-state index contributed by atoms with van der Waals surface area (Å²) in [6.45, 7) is 5.80. The van der Waals surface area contributed by atoms with Gasteiger partial charge in [-0.05, 0) is 50.6 Å². The second-order valence-corrected chi connectivity index (χ2v) is 9.39. The number of hydrogen-bond acceptors (Lipinski definition) is 5. The zero-order valence-electron chi connectivity index (χ0n) is 18.5. The number of nitrogens with zero attached hydrogens (tertiary/aromatic N) is 2. The molecule has 4 rings (SSSR count). The van der Waals surface area contributed by atoms with Crippen LogP contribution in [0.4, 0.5) is 9.18 Å². The second kappa shape index (κ2) is 8.76. The number of hydrogen-bond donors (Lipinski definition) is 0. The van der Waals surface area contributed by atoms with Gasteiger partial charge in [0.25, 0.3) is 11.8 Å². The number of fused-ring (bicyclic) bond motifs is 1. The smallest absolute Gasteiger partial charge is 0.410 e. The van der Waals surface area contributed by atoms with E-state index in [0.29, 0.717) is 5.56 Å². The lowest BCUT2D eigenvalue weighted by molar-refractivity contribution is -0.0670. The Kier molecular flexibility index (Phi) is 6.16. The average Bonchev–Trinajstić information content (AvgIpc) is 3.01. The molecule has 2 heterocycles. The molecule has 0 aromatic heterocycles. The molecule has 33 heavy (non-hydrogen) atoms. The molecule has 0 saturated carbocycles. The summed E-state index contributed by atoms with van der Waals surface area (Å²) < 4.78 is 25.8. The van der Waals surface area contributed by atoms with E-state index in [1.54, 1.807) is 51.1 Å². The van der Waals surface area contributed by atoms with Crippen LogP contribution < -0.4 is 0 Å². The van der Waals surface area contributed by atoms with Crippen molar-refractivity contribution in [2.24, 2.45) is 0 Å². The second-order valence-electron chi connectivity index (χ2n) is 8.98. The fraction of sp³-hybridized carbons (Fsp3) is 0.375. The maximum Gasteiger partial charge on any atom is 0.410 e. The van der Waals surface area contributed by atoms with E-state index in [4.69, 9.17) is 21.1 Å². The number of amides is 3. The topological polar surface area (TPSA) is 76.2 Å². The first-order valence-electron chi connectivity index (χ1n) is 10.6. The zero-order valence-corrected chi connectivity index (χ0v) is 19.3. The molecular weight excluding hydrogens is 451 g/mol. The molecule has 2 aromatic carbocycles. The Morgan fingerprint density at radius 3 is 2.36 bits per heavy atom. The molecule has 9 heteroatoms. The summed E-state index contributed by atoms with van der Waals surface area (Å²) in [5, 5.41) is -0.0835. The van der Waals surface area contributed by atoms with Gasteiger partial charge in [0.1, 0.15) is 17.5 Å². The van der Waals surface area contributed by atoms with Crippen LogP contribution >= 0.6 is 11.6 Å². The zero-order chi connectivity index (χ0) is 23.9. The van der Waals surface area contributed by atoms with Crippen LogP contribution in [0.15, 0.2) is 42.5 Å². The molecule has 0 bridgehead atoms. The Morgan fingerprint density at radius 2 is 1.79 bits per heavy atom. The highest BCUT2D eigenvalue weighted by molar-refractivity contribution is 6.30. The number of halogens is 2. The Hall–Kier alpha value is -2.97. The first-order chi connectivity index (χ1) is 15.6. The van der Waals surface area contributed by atoms with Crippen molar-refractivity contribution in [2.45, 2.75) is 38.5 Å². The van der Waals surface area contributed by atoms with Crippen molar-refractivity contribution >= 4 is 29.5 Å². The molecule has 7 nitrogen and oxygen atoms in total. The highest BCUT2D eigenvalue weighted by atomic mass is 35.5. The summed E-state index contributed by atoms with van der Waals surface area (Å²) in [4.78, 5) is 41.7. The summed E-state index contributed by atoms with van der Waals surface area (Å²) in [5.74, 6) is -1.70. The van der Waals surface area contributed by atoms with Crippen molar-refractivity contribution in [2.75, 3.05) is 19.7 Å². The maximum absolute atomic E-state index is 14.4. The molecule has 1 fully saturated rings. The Balaban J connectivity index is 1.71. The predicted molar refractivity (Wildman–Crippen MR) is 119 cm³/mol. The number of benzene rings is 2. The van der Waals surface area contributed by atoms with Crippen molar-refractivity contribution in [1.82, 2.24) is 9.80 Å². The minimum absolute atomic E-state index is 0.0528. The van der Waals surface area contributed by atoms with Crippen LogP contribution in [-0.2, 0) is 9.47 Å². The number of imide groups is 1. The standard InChI is InChI=1S/C24H24ClFN2O5/c1-24(2,3)33-23(31)27-10-11-32-19(13-27)20(14-8-9-17(25)18(26)12-14)28-21(29)15-6-4-5-7-16(15)22(28)30/h4-9,12,19-20H,10-11,13H2,1-3H3/t19-,20-/m1/s1. The van der Waals surface area contributed by atoms with Crippen LogP contribution in [0, 0.1) is 5.82 Å². The van der Waals surface area contributed by atoms with E-state index in [2.05, 4.69) is 0 Å². The van der Waals surface area contributed by atoms with Crippen LogP contribution in [0.5, 0.6) is 0 Å². The molecule has 3 amide bonds. The molecule has 0 radical (unpaired) electrons. The third-order valence-corrected chi connectivity index (χ3v) is 5.79. The van der Waals surface area contributed by atoms with Gasteiger partial charge in [0, 0.05) is 6.54 Å². The van der Waals surface area contributed by atoms with E-state index in [1.165, 1.54) is 17.0 Å². The number of carbonyl (C=O) groups excluding carboxylic acids is 3. The molecule has 0 unspecified atom stereocenters. The third-order valence-electron chi connectivity index (χ3n) is 5.49. The van der Waals surface area contributed by atoms with Gasteiger partial charge in [0.15, 0.2) is 0 Å². The number of rotatable bonds is 3. The van der Waals surface area contributed by atoms with Crippen molar-refractivity contribution in [3.63, 3.8) is 0 Å². The van der Waals surface area contributed by atoms with Gasteiger partial charge in [-0.2, -0.15) is 0 Å². The largest absolute Gasteiger partial charge is 0.444 e. The average molecular weight is 475 g/mol. The van der Waals surface area contributed by atoms with Gasteiger partial charge in [-0.3, -0.25) is 14.5 Å². The van der Waals surface area contributed by atoms with E-state index in [-0.39, 0.29) is 35.8 Å². The van der Waals surface area contributed by atoms with Gasteiger partial charge < -0.3 is 14.4 Å². The summed E-state index contributed by atoms with van der Waals surface area (Å²) >= 11 is 5.86. The summed E-state index contributed by atoms with van der Waals surface area (Å²) in [5.41, 5.74) is 0.178. The van der Waals surface area contributed by atoms with Crippen molar-refractivity contribution in [3.8, 4) is 0 Å². The van der Waals surface area contributed by atoms with E-state index >= 15 is 0 Å². The summed E-state index contributed by atoms with van der Waals surface area (Å²) in [6, 6.07) is 9.62. The van der Waals surface area contributed by atoms with Gasteiger partial charge in [-0.1, -0.05) is 29.8 Å². The summed E-state index contributed by atoms with van der Waals surface area (Å²) in [6.07, 6.45) is -1.33. The highest BCUT2D eigenvalue weighted by Crippen LogP contribution is 2.36. The van der Waals surface area contributed by atoms with E-state index < -0.39 is 41.5 Å². The molecule has 0 N–H and O–H groups in total. The van der Waals surface area contributed by atoms with Crippen LogP contribution in [0.3, 0.4) is 0 Å². The van der Waals surface area contributed by atoms with Gasteiger partial charge in [0.2, 0.25) is 0 Å². The molecule has 0 aliphatic carbocycles. The van der Waals surface area contributed by atoms with Crippen molar-refractivity contribution in [1.29, 1.82) is 0 Å². The third kappa shape index (κ3) is 4.58. The van der Waals surface area contributed by atoms with Crippen LogP contribution in [0.1, 0.15) is 53.1 Å². The predicted octanol–water partition coefficient (Wildman–Crippen LogP) is 4.45. The number of ether oxygens (including phenoxy) is 2. The fourth-order valence-corrected chi connectivity index (χ4v) is 4.16. The first kappa shape index (κ1) is 23.2. The molecule has 1 saturated heterocycles. The monoisotopic (exact) mass is 474 g/mol. The molecule has 2 aromatic rings. The first-order valence-corrected chi connectivity index (χ1v) is 11.0. The van der Waals surface area contributed by atoms with Gasteiger partial charge in [0.05, 0.1) is 35.3 Å². The Labute approximate surface area is 196 Å². The molecule has 2 aliphatic rings. The lowest BCUT2D eigenvalue weighted by Gasteiger charge is -2.40. The van der Waals surface area contributed by atoms with Crippen molar-refractivity contribution < 1.29 is 28.2 Å². The van der Waals surface area contributed by atoms with E-state index in [9.17, 15) is 18.8 Å². The highest BCUT2D eigenvalue weighted by Gasteiger charge is 2.45. The lowest BCUT2D eigenvalue weighted by Crippen LogP contribution is -2.53. The van der Waals surface area contributed by atoms with E-state index in [0.717, 1.165) is 4.90 Å². The number of carbonyl (C=O) groups is 3. The molecule has 174 valence electrons. The van der Waals surface area contributed by atoms with Crippen LogP contribution in [0.25, 0.3) is 0 Å². The maximum atomic E-state index is 14.4. The molecule has 2 atom stereocenters. The van der Waals surface area contributed by atoms with Crippen molar-refractivity contribution in [3.05, 3.63) is 70.0 Å². The molecule has 2 aliphatic heterocycles. The summed E-state index contributed by atoms with van der Waals surface area (Å²) in [7, 11) is 0. The quantitative estimate of drug-likeness (QED) is 0.614.